The second-order valence-electron chi connectivity index (χ2n) is 5.76. The third-order valence-electron chi connectivity index (χ3n) is 4.22. The van der Waals surface area contributed by atoms with Crippen LogP contribution in [-0.4, -0.2) is 34.5 Å². The maximum Gasteiger partial charge on any atom is 0.336 e. The van der Waals surface area contributed by atoms with E-state index in [1.54, 1.807) is 12.1 Å². The summed E-state index contributed by atoms with van der Waals surface area (Å²) >= 11 is 3.32. The van der Waals surface area contributed by atoms with Gasteiger partial charge >= 0.3 is 5.97 Å². The fourth-order valence-electron chi connectivity index (χ4n) is 3.25. The largest absolute Gasteiger partial charge is 0.478 e. The van der Waals surface area contributed by atoms with E-state index in [0.29, 0.717) is 28.6 Å². The minimum Gasteiger partial charge on any atom is -0.478 e. The number of nitrogens with zero attached hydrogens (tertiary/aromatic N) is 1. The number of carbonyl (C=O) groups excluding carboxylic acids is 1. The van der Waals surface area contributed by atoms with E-state index in [2.05, 4.69) is 29.8 Å². The molecule has 0 unspecified atom stereocenters. The number of halogens is 1. The highest BCUT2D eigenvalue weighted by atomic mass is 79.9. The standard InChI is InChI=1S/C17H22BrNO3/c1-3-5-12(6-4-2)19-8-7-13-14(16(19)20)9-11(18)10-15(13)17(21)22/h9-10,12H,3-8H2,1-2H3,(H,21,22). The van der Waals surface area contributed by atoms with Crippen LogP contribution in [0.3, 0.4) is 0 Å². The van der Waals surface area contributed by atoms with Gasteiger partial charge in [0.2, 0.25) is 0 Å². The molecule has 0 saturated carbocycles. The molecule has 5 heteroatoms. The number of rotatable bonds is 6. The third kappa shape index (κ3) is 3.35. The molecule has 0 spiro atoms. The summed E-state index contributed by atoms with van der Waals surface area (Å²) < 4.78 is 0.640. The molecule has 1 aliphatic rings. The van der Waals surface area contributed by atoms with Crippen molar-refractivity contribution < 1.29 is 14.7 Å². The molecule has 0 fully saturated rings. The molecule has 0 radical (unpaired) electrons. The zero-order chi connectivity index (χ0) is 16.3. The molecule has 0 bridgehead atoms. The van der Waals surface area contributed by atoms with E-state index in [0.717, 1.165) is 25.7 Å². The van der Waals surface area contributed by atoms with Crippen LogP contribution in [0.25, 0.3) is 0 Å². The van der Waals surface area contributed by atoms with Crippen LogP contribution in [-0.2, 0) is 6.42 Å². The third-order valence-corrected chi connectivity index (χ3v) is 4.68. The number of benzene rings is 1. The lowest BCUT2D eigenvalue weighted by atomic mass is 9.91. The van der Waals surface area contributed by atoms with E-state index in [4.69, 9.17) is 0 Å². The van der Waals surface area contributed by atoms with E-state index in [1.165, 1.54) is 0 Å². The van der Waals surface area contributed by atoms with Gasteiger partial charge in [-0.2, -0.15) is 0 Å². The molecule has 0 atom stereocenters. The molecule has 1 N–H and O–H groups in total. The van der Waals surface area contributed by atoms with Gasteiger partial charge in [0.1, 0.15) is 0 Å². The van der Waals surface area contributed by atoms with Crippen molar-refractivity contribution in [2.75, 3.05) is 6.54 Å². The Morgan fingerprint density at radius 1 is 1.32 bits per heavy atom. The average molecular weight is 368 g/mol. The Morgan fingerprint density at radius 3 is 2.50 bits per heavy atom. The molecule has 1 aliphatic heterocycles. The van der Waals surface area contributed by atoms with E-state index in [-0.39, 0.29) is 17.5 Å². The first-order chi connectivity index (χ1) is 10.5. The Kier molecular flexibility index (Phi) is 5.62. The topological polar surface area (TPSA) is 57.6 Å². The first-order valence-electron chi connectivity index (χ1n) is 7.86. The molecule has 1 aromatic rings. The summed E-state index contributed by atoms with van der Waals surface area (Å²) in [5.41, 5.74) is 1.44. The van der Waals surface area contributed by atoms with Gasteiger partial charge in [-0.3, -0.25) is 4.79 Å². The van der Waals surface area contributed by atoms with Crippen molar-refractivity contribution in [2.24, 2.45) is 0 Å². The number of aromatic carboxylic acids is 1. The van der Waals surface area contributed by atoms with E-state index in [9.17, 15) is 14.7 Å². The Hall–Kier alpha value is -1.36. The predicted molar refractivity (Wildman–Crippen MR) is 89.4 cm³/mol. The van der Waals surface area contributed by atoms with Crippen molar-refractivity contribution in [3.05, 3.63) is 33.3 Å². The molecule has 120 valence electrons. The number of carbonyl (C=O) groups is 2. The summed E-state index contributed by atoms with van der Waals surface area (Å²) in [6, 6.07) is 3.59. The molecule has 22 heavy (non-hydrogen) atoms. The van der Waals surface area contributed by atoms with Gasteiger partial charge in [-0.05, 0) is 37.0 Å². The number of carboxylic acids is 1. The minimum absolute atomic E-state index is 0.0306. The summed E-state index contributed by atoms with van der Waals surface area (Å²) in [5.74, 6) is -1.01. The first kappa shape index (κ1) is 17.0. The summed E-state index contributed by atoms with van der Waals surface area (Å²) in [6.45, 7) is 4.87. The van der Waals surface area contributed by atoms with Crippen LogP contribution in [0.5, 0.6) is 0 Å². The molecule has 2 rings (SSSR count). The van der Waals surface area contributed by atoms with E-state index >= 15 is 0 Å². The van der Waals surface area contributed by atoms with Gasteiger partial charge in [-0.1, -0.05) is 42.6 Å². The van der Waals surface area contributed by atoms with Gasteiger partial charge in [0.25, 0.3) is 5.91 Å². The minimum atomic E-state index is -0.975. The number of hydrogen-bond donors (Lipinski definition) is 1. The molecular formula is C17H22BrNO3. The van der Waals surface area contributed by atoms with Crippen LogP contribution in [0.1, 0.15) is 65.8 Å². The monoisotopic (exact) mass is 367 g/mol. The summed E-state index contributed by atoms with van der Waals surface area (Å²) in [7, 11) is 0. The summed E-state index contributed by atoms with van der Waals surface area (Å²) in [5, 5.41) is 9.35. The Balaban J connectivity index is 2.39. The highest BCUT2D eigenvalue weighted by molar-refractivity contribution is 9.10. The van der Waals surface area contributed by atoms with Crippen molar-refractivity contribution >= 4 is 27.8 Å². The molecule has 4 nitrogen and oxygen atoms in total. The predicted octanol–water partition coefficient (Wildman–Crippen LogP) is 4.11. The molecule has 1 heterocycles. The molecule has 1 aromatic carbocycles. The van der Waals surface area contributed by atoms with Crippen molar-refractivity contribution in [2.45, 2.75) is 52.0 Å². The van der Waals surface area contributed by atoms with E-state index < -0.39 is 5.97 Å². The lowest BCUT2D eigenvalue weighted by molar-refractivity contribution is 0.0635. The highest BCUT2D eigenvalue weighted by Crippen LogP contribution is 2.29. The van der Waals surface area contributed by atoms with Gasteiger partial charge in [-0.15, -0.1) is 0 Å². The average Bonchev–Trinajstić information content (AvgIpc) is 2.47. The quantitative estimate of drug-likeness (QED) is 0.822. The molecule has 0 aliphatic carbocycles. The highest BCUT2D eigenvalue weighted by Gasteiger charge is 2.31. The van der Waals surface area contributed by atoms with Gasteiger partial charge in [0.15, 0.2) is 0 Å². The van der Waals surface area contributed by atoms with E-state index in [1.807, 2.05) is 4.90 Å². The van der Waals surface area contributed by atoms with Crippen LogP contribution in [0.15, 0.2) is 16.6 Å². The normalized spacial score (nSPS) is 14.4. The number of fused-ring (bicyclic) bond motifs is 1. The second-order valence-corrected chi connectivity index (χ2v) is 6.68. The number of hydrogen-bond acceptors (Lipinski definition) is 2. The summed E-state index contributed by atoms with van der Waals surface area (Å²) in [4.78, 5) is 26.2. The van der Waals surface area contributed by atoms with Crippen LogP contribution in [0, 0.1) is 0 Å². The fourth-order valence-corrected chi connectivity index (χ4v) is 3.70. The van der Waals surface area contributed by atoms with Gasteiger partial charge in [0, 0.05) is 22.6 Å². The SMILES string of the molecule is CCCC(CCC)N1CCc2c(C(=O)O)cc(Br)cc2C1=O. The number of amides is 1. The molecule has 1 amide bonds. The molecule has 0 aromatic heterocycles. The lowest BCUT2D eigenvalue weighted by Crippen LogP contribution is -2.45. The maximum absolute atomic E-state index is 12.8. The summed E-state index contributed by atoms with van der Waals surface area (Å²) in [6.07, 6.45) is 4.68. The smallest absolute Gasteiger partial charge is 0.336 e. The van der Waals surface area contributed by atoms with Crippen molar-refractivity contribution in [1.29, 1.82) is 0 Å². The van der Waals surface area contributed by atoms with Crippen LogP contribution in [0.2, 0.25) is 0 Å². The van der Waals surface area contributed by atoms with Crippen LogP contribution < -0.4 is 0 Å². The van der Waals surface area contributed by atoms with Crippen LogP contribution in [0.4, 0.5) is 0 Å². The molecule has 0 saturated heterocycles. The second kappa shape index (κ2) is 7.27. The fraction of sp³-hybridized carbons (Fsp3) is 0.529. The zero-order valence-corrected chi connectivity index (χ0v) is 14.6. The lowest BCUT2D eigenvalue weighted by Gasteiger charge is -2.36. The maximum atomic E-state index is 12.8. The molecular weight excluding hydrogens is 346 g/mol. The van der Waals surface area contributed by atoms with Crippen molar-refractivity contribution in [3.63, 3.8) is 0 Å². The Morgan fingerprint density at radius 2 is 1.95 bits per heavy atom. The number of carboxylic acid groups (broad SMARTS) is 1. The first-order valence-corrected chi connectivity index (χ1v) is 8.65. The van der Waals surface area contributed by atoms with Crippen molar-refractivity contribution in [1.82, 2.24) is 4.90 Å². The van der Waals surface area contributed by atoms with Crippen LogP contribution >= 0.6 is 15.9 Å². The van der Waals surface area contributed by atoms with Gasteiger partial charge < -0.3 is 10.0 Å². The van der Waals surface area contributed by atoms with Crippen molar-refractivity contribution in [3.8, 4) is 0 Å². The Bertz CT molecular complexity index is 580. The van der Waals surface area contributed by atoms with Gasteiger partial charge in [0.05, 0.1) is 5.56 Å². The Labute approximate surface area is 139 Å². The zero-order valence-electron chi connectivity index (χ0n) is 13.1. The van der Waals surface area contributed by atoms with Gasteiger partial charge in [-0.25, -0.2) is 4.79 Å².